The molecule has 0 aliphatic rings. The number of benzene rings is 2. The number of nitrogens with zero attached hydrogens (tertiary/aromatic N) is 1. The monoisotopic (exact) mass is 396 g/mol. The highest BCUT2D eigenvalue weighted by Crippen LogP contribution is 2.32. The summed E-state index contributed by atoms with van der Waals surface area (Å²) < 4.78 is 24.7. The zero-order valence-electron chi connectivity index (χ0n) is 17.1. The lowest BCUT2D eigenvalue weighted by Gasteiger charge is -2.19. The van der Waals surface area contributed by atoms with Gasteiger partial charge >= 0.3 is 6.09 Å². The highest BCUT2D eigenvalue weighted by molar-refractivity contribution is 5.95. The van der Waals surface area contributed by atoms with E-state index in [1.54, 1.807) is 12.3 Å². The highest BCUT2D eigenvalue weighted by Gasteiger charge is 2.15. The van der Waals surface area contributed by atoms with Gasteiger partial charge in [0.2, 0.25) is 0 Å². The molecule has 2 aromatic carbocycles. The molecule has 0 aliphatic carbocycles. The third-order valence-corrected chi connectivity index (χ3v) is 4.35. The quantitative estimate of drug-likeness (QED) is 0.650. The van der Waals surface area contributed by atoms with Crippen LogP contribution in [0.15, 0.2) is 48.7 Å². The Morgan fingerprint density at radius 3 is 2.52 bits per heavy atom. The number of pyridine rings is 1. The Bertz CT molecular complexity index is 1010. The number of halogens is 1. The summed E-state index contributed by atoms with van der Waals surface area (Å²) in [6.07, 6.45) is 1.86. The number of rotatable bonds is 5. The van der Waals surface area contributed by atoms with E-state index < -0.39 is 17.5 Å². The molecule has 29 heavy (non-hydrogen) atoms. The van der Waals surface area contributed by atoms with Gasteiger partial charge in [0.25, 0.3) is 0 Å². The zero-order valence-corrected chi connectivity index (χ0v) is 17.1. The van der Waals surface area contributed by atoms with Gasteiger partial charge in [0.05, 0.1) is 7.11 Å². The van der Waals surface area contributed by atoms with Crippen molar-refractivity contribution in [2.45, 2.75) is 32.8 Å². The lowest BCUT2D eigenvalue weighted by molar-refractivity contribution is 0.0528. The molecule has 0 radical (unpaired) electrons. The van der Waals surface area contributed by atoms with Crippen LogP contribution in [0.4, 0.5) is 9.18 Å². The number of nitrogens with one attached hydrogen (secondary N) is 1. The van der Waals surface area contributed by atoms with Crippen LogP contribution in [0.2, 0.25) is 0 Å². The van der Waals surface area contributed by atoms with Crippen molar-refractivity contribution in [1.82, 2.24) is 10.3 Å². The van der Waals surface area contributed by atoms with Gasteiger partial charge in [0.15, 0.2) is 5.82 Å². The van der Waals surface area contributed by atoms with Crippen LogP contribution in [0.5, 0.6) is 5.75 Å². The van der Waals surface area contributed by atoms with E-state index in [4.69, 9.17) is 9.47 Å². The standard InChI is InChI=1S/C23H25FN2O3/c1-23(2,3)29-22(27)26-11-9-15-5-7-16(8-6-15)18-10-12-25-21-19(18)13-17(28-4)14-20(21)24/h5-8,10,12-14H,9,11H2,1-4H3,(H,26,27). The fraction of sp³-hybridized carbons (Fsp3) is 0.304. The van der Waals surface area contributed by atoms with Crippen molar-refractivity contribution >= 4 is 17.0 Å². The smallest absolute Gasteiger partial charge is 0.407 e. The molecule has 1 heterocycles. The van der Waals surface area contributed by atoms with Gasteiger partial charge < -0.3 is 14.8 Å². The summed E-state index contributed by atoms with van der Waals surface area (Å²) in [5.41, 5.74) is 2.71. The van der Waals surface area contributed by atoms with Crippen molar-refractivity contribution in [1.29, 1.82) is 0 Å². The summed E-state index contributed by atoms with van der Waals surface area (Å²) in [5.74, 6) is 0.0418. The lowest BCUT2D eigenvalue weighted by Crippen LogP contribution is -2.33. The predicted molar refractivity (Wildman–Crippen MR) is 112 cm³/mol. The summed E-state index contributed by atoms with van der Waals surface area (Å²) in [7, 11) is 1.51. The molecule has 3 aromatic rings. The van der Waals surface area contributed by atoms with Gasteiger partial charge in [-0.1, -0.05) is 24.3 Å². The Hall–Kier alpha value is -3.15. The summed E-state index contributed by atoms with van der Waals surface area (Å²) >= 11 is 0. The van der Waals surface area contributed by atoms with E-state index in [1.807, 2.05) is 51.1 Å². The SMILES string of the molecule is COc1cc(F)c2nccc(-c3ccc(CCNC(=O)OC(C)(C)C)cc3)c2c1. The fourth-order valence-electron chi connectivity index (χ4n) is 3.03. The normalized spacial score (nSPS) is 11.3. The van der Waals surface area contributed by atoms with Gasteiger partial charge in [0.1, 0.15) is 16.9 Å². The second-order valence-corrected chi connectivity index (χ2v) is 7.74. The number of carbonyl (C=O) groups is 1. The number of alkyl carbamates (subject to hydrolysis) is 1. The van der Waals surface area contributed by atoms with Crippen LogP contribution in [0, 0.1) is 5.82 Å². The highest BCUT2D eigenvalue weighted by atomic mass is 19.1. The molecule has 3 rings (SSSR count). The Kier molecular flexibility index (Phi) is 6.01. The largest absolute Gasteiger partial charge is 0.497 e. The molecule has 152 valence electrons. The van der Waals surface area contributed by atoms with Gasteiger partial charge in [-0.25, -0.2) is 9.18 Å². The third kappa shape index (κ3) is 5.22. The van der Waals surface area contributed by atoms with Crippen LogP contribution in [-0.2, 0) is 11.2 Å². The minimum Gasteiger partial charge on any atom is -0.497 e. The van der Waals surface area contributed by atoms with Crippen LogP contribution in [0.1, 0.15) is 26.3 Å². The number of aromatic nitrogens is 1. The molecule has 0 atom stereocenters. The molecule has 1 amide bonds. The molecule has 0 saturated heterocycles. The molecule has 6 heteroatoms. The number of hydrogen-bond donors (Lipinski definition) is 1. The number of amides is 1. The second-order valence-electron chi connectivity index (χ2n) is 7.74. The topological polar surface area (TPSA) is 60.5 Å². The van der Waals surface area contributed by atoms with Gasteiger partial charge in [0, 0.05) is 24.2 Å². The van der Waals surface area contributed by atoms with Crippen molar-refractivity contribution in [2.75, 3.05) is 13.7 Å². The van der Waals surface area contributed by atoms with E-state index in [2.05, 4.69) is 10.3 Å². The second kappa shape index (κ2) is 8.47. The van der Waals surface area contributed by atoms with E-state index >= 15 is 0 Å². The molecule has 0 aliphatic heterocycles. The maximum Gasteiger partial charge on any atom is 0.407 e. The van der Waals surface area contributed by atoms with Gasteiger partial charge in [-0.2, -0.15) is 0 Å². The Balaban J connectivity index is 1.74. The van der Waals surface area contributed by atoms with Gasteiger partial charge in [-0.3, -0.25) is 4.98 Å². The van der Waals surface area contributed by atoms with Gasteiger partial charge in [-0.15, -0.1) is 0 Å². The summed E-state index contributed by atoms with van der Waals surface area (Å²) in [4.78, 5) is 15.9. The van der Waals surface area contributed by atoms with Crippen molar-refractivity contribution in [3.63, 3.8) is 0 Å². The average molecular weight is 396 g/mol. The van der Waals surface area contributed by atoms with Crippen molar-refractivity contribution in [3.8, 4) is 16.9 Å². The van der Waals surface area contributed by atoms with E-state index in [1.165, 1.54) is 13.2 Å². The third-order valence-electron chi connectivity index (χ3n) is 4.35. The first-order valence-electron chi connectivity index (χ1n) is 9.45. The Morgan fingerprint density at radius 1 is 1.14 bits per heavy atom. The zero-order chi connectivity index (χ0) is 21.0. The Morgan fingerprint density at radius 2 is 1.86 bits per heavy atom. The molecule has 5 nitrogen and oxygen atoms in total. The molecule has 1 aromatic heterocycles. The number of methoxy groups -OCH3 is 1. The van der Waals surface area contributed by atoms with E-state index in [9.17, 15) is 9.18 Å². The fourth-order valence-corrected chi connectivity index (χ4v) is 3.03. The summed E-state index contributed by atoms with van der Waals surface area (Å²) in [6.45, 7) is 5.97. The van der Waals surface area contributed by atoms with Crippen molar-refractivity contribution in [3.05, 3.63) is 60.0 Å². The van der Waals surface area contributed by atoms with Crippen LogP contribution in [0.25, 0.3) is 22.0 Å². The predicted octanol–water partition coefficient (Wildman–Crippen LogP) is 5.12. The van der Waals surface area contributed by atoms with E-state index in [0.29, 0.717) is 29.6 Å². The molecule has 0 spiro atoms. The molecule has 0 saturated carbocycles. The summed E-state index contributed by atoms with van der Waals surface area (Å²) in [5, 5.41) is 3.45. The molecule has 0 bridgehead atoms. The van der Waals surface area contributed by atoms with Crippen molar-refractivity contribution < 1.29 is 18.7 Å². The number of ether oxygens (including phenoxy) is 2. The number of hydrogen-bond acceptors (Lipinski definition) is 4. The van der Waals surface area contributed by atoms with E-state index in [0.717, 1.165) is 16.7 Å². The number of carbonyl (C=O) groups excluding carboxylic acids is 1. The minimum absolute atomic E-state index is 0.314. The summed E-state index contributed by atoms with van der Waals surface area (Å²) in [6, 6.07) is 12.9. The average Bonchev–Trinajstić information content (AvgIpc) is 2.66. The first-order valence-corrected chi connectivity index (χ1v) is 9.45. The molecule has 0 fully saturated rings. The van der Waals surface area contributed by atoms with Crippen LogP contribution in [-0.4, -0.2) is 30.3 Å². The van der Waals surface area contributed by atoms with Crippen LogP contribution in [0.3, 0.4) is 0 Å². The van der Waals surface area contributed by atoms with E-state index in [-0.39, 0.29) is 0 Å². The van der Waals surface area contributed by atoms with Gasteiger partial charge in [-0.05, 0) is 56.0 Å². The molecular formula is C23H25FN2O3. The van der Waals surface area contributed by atoms with Crippen LogP contribution < -0.4 is 10.1 Å². The number of fused-ring (bicyclic) bond motifs is 1. The molecule has 1 N–H and O–H groups in total. The Labute approximate surface area is 169 Å². The first-order chi connectivity index (χ1) is 13.8. The van der Waals surface area contributed by atoms with Crippen LogP contribution >= 0.6 is 0 Å². The first kappa shape index (κ1) is 20.6. The maximum absolute atomic E-state index is 14.3. The maximum atomic E-state index is 14.3. The lowest BCUT2D eigenvalue weighted by atomic mass is 9.99. The van der Waals surface area contributed by atoms with Crippen molar-refractivity contribution in [2.24, 2.45) is 0 Å². The minimum atomic E-state index is -0.513. The molecular weight excluding hydrogens is 371 g/mol. The molecule has 0 unspecified atom stereocenters.